The van der Waals surface area contributed by atoms with E-state index in [1.165, 1.54) is 24.3 Å². The van der Waals surface area contributed by atoms with Crippen molar-refractivity contribution in [2.24, 2.45) is 0 Å². The second-order valence-electron chi connectivity index (χ2n) is 6.43. The molecular weight excluding hydrogens is 507 g/mol. The van der Waals surface area contributed by atoms with E-state index in [9.17, 15) is 47.9 Å². The summed E-state index contributed by atoms with van der Waals surface area (Å²) in [5, 5.41) is -7.06. The molecule has 0 saturated carbocycles. The van der Waals surface area contributed by atoms with Crippen molar-refractivity contribution in [1.82, 2.24) is 0 Å². The molecule has 4 nitrogen and oxygen atoms in total. The lowest BCUT2D eigenvalue weighted by molar-refractivity contribution is -0.382. The van der Waals surface area contributed by atoms with Gasteiger partial charge in [-0.25, -0.2) is 0 Å². The fourth-order valence-electron chi connectivity index (χ4n) is 2.73. The van der Waals surface area contributed by atoms with Gasteiger partial charge in [-0.15, -0.1) is 0 Å². The van der Waals surface area contributed by atoms with Gasteiger partial charge < -0.3 is 8.92 Å². The van der Waals surface area contributed by atoms with Crippen LogP contribution in [-0.4, -0.2) is 31.7 Å². The molecule has 0 saturated heterocycles. The third-order valence-electron chi connectivity index (χ3n) is 4.32. The summed E-state index contributed by atoms with van der Waals surface area (Å²) in [6.45, 7) is 0. The summed E-state index contributed by atoms with van der Waals surface area (Å²) < 4.78 is 151. The summed E-state index contributed by atoms with van der Waals surface area (Å²) in [7, 11) is -7.12. The van der Waals surface area contributed by atoms with E-state index in [0.717, 1.165) is 6.07 Å². The summed E-state index contributed by atoms with van der Waals surface area (Å²) >= 11 is 6.04. The van der Waals surface area contributed by atoms with Gasteiger partial charge >= 0.3 is 33.4 Å². The molecule has 0 radical (unpaired) electrons. The largest absolute Gasteiger partial charge is 0.461 e. The molecule has 1 heterocycles. The minimum atomic E-state index is -7.42. The highest BCUT2D eigenvalue weighted by molar-refractivity contribution is 7.88. The first-order chi connectivity index (χ1) is 14.4. The molecule has 32 heavy (non-hydrogen) atoms. The molecule has 15 heteroatoms. The van der Waals surface area contributed by atoms with Crippen LogP contribution in [0.15, 0.2) is 47.2 Å². The maximum absolute atomic E-state index is 14.0. The zero-order valence-electron chi connectivity index (χ0n) is 15.0. The number of rotatable bonds is 5. The Balaban J connectivity index is 2.10. The van der Waals surface area contributed by atoms with Crippen LogP contribution in [0, 0.1) is 0 Å². The third-order valence-corrected chi connectivity index (χ3v) is 5.96. The SMILES string of the molecule is O=S(=O)(Oc1cccc2c1C1=C(Cl)C=CC=C(C1)O2)C(F)(F)C(F)(F)C(F)(F)C(F)(F)F. The highest BCUT2D eigenvalue weighted by Gasteiger charge is 2.86. The van der Waals surface area contributed by atoms with Gasteiger partial charge in [0.05, 0.1) is 5.56 Å². The Morgan fingerprint density at radius 2 is 1.59 bits per heavy atom. The molecule has 0 unspecified atom stereocenters. The quantitative estimate of drug-likeness (QED) is 0.357. The second kappa shape index (κ2) is 7.33. The zero-order valence-corrected chi connectivity index (χ0v) is 16.6. The van der Waals surface area contributed by atoms with Crippen molar-refractivity contribution >= 4 is 27.3 Å². The van der Waals surface area contributed by atoms with E-state index in [1.54, 1.807) is 0 Å². The Morgan fingerprint density at radius 3 is 2.19 bits per heavy atom. The molecule has 0 amide bonds. The molecule has 1 aromatic rings. The Kier molecular flexibility index (Phi) is 5.57. The normalized spacial score (nSPS) is 17.4. The van der Waals surface area contributed by atoms with E-state index in [0.29, 0.717) is 6.07 Å². The Labute approximate surface area is 178 Å². The van der Waals surface area contributed by atoms with Crippen LogP contribution in [-0.2, 0) is 10.1 Å². The molecule has 0 spiro atoms. The third kappa shape index (κ3) is 3.52. The minimum Gasteiger partial charge on any atom is -0.461 e. The predicted molar refractivity (Wildman–Crippen MR) is 92.1 cm³/mol. The van der Waals surface area contributed by atoms with Crippen molar-refractivity contribution in [1.29, 1.82) is 0 Å². The predicted octanol–water partition coefficient (Wildman–Crippen LogP) is 6.01. The van der Waals surface area contributed by atoms with Crippen molar-refractivity contribution in [2.45, 2.75) is 29.7 Å². The molecule has 176 valence electrons. The Morgan fingerprint density at radius 1 is 0.969 bits per heavy atom. The van der Waals surface area contributed by atoms with Crippen LogP contribution in [0.1, 0.15) is 12.0 Å². The van der Waals surface area contributed by atoms with Gasteiger partial charge in [-0.1, -0.05) is 23.7 Å². The van der Waals surface area contributed by atoms with Gasteiger partial charge in [0.1, 0.15) is 11.5 Å². The van der Waals surface area contributed by atoms with Gasteiger partial charge in [-0.2, -0.15) is 47.9 Å². The molecule has 1 aliphatic carbocycles. The summed E-state index contributed by atoms with van der Waals surface area (Å²) in [6.07, 6.45) is -3.15. The number of benzene rings is 1. The average molecular weight is 515 g/mol. The van der Waals surface area contributed by atoms with E-state index < -0.39 is 44.7 Å². The number of hydrogen-bond donors (Lipinski definition) is 0. The first-order valence-corrected chi connectivity index (χ1v) is 9.94. The fraction of sp³-hybridized carbons (Fsp3) is 0.294. The molecule has 3 rings (SSSR count). The number of halogens is 10. The van der Waals surface area contributed by atoms with Crippen molar-refractivity contribution in [2.75, 3.05) is 0 Å². The van der Waals surface area contributed by atoms with Crippen LogP contribution in [0.5, 0.6) is 11.5 Å². The molecule has 2 bridgehead atoms. The van der Waals surface area contributed by atoms with Crippen LogP contribution in [0.4, 0.5) is 39.5 Å². The van der Waals surface area contributed by atoms with Crippen molar-refractivity contribution in [3.63, 3.8) is 0 Å². The molecule has 0 fully saturated rings. The van der Waals surface area contributed by atoms with Crippen LogP contribution < -0.4 is 8.92 Å². The lowest BCUT2D eigenvalue weighted by Crippen LogP contribution is -2.63. The fourth-order valence-corrected chi connectivity index (χ4v) is 3.88. The number of alkyl halides is 9. The number of ether oxygens (including phenoxy) is 1. The summed E-state index contributed by atoms with van der Waals surface area (Å²) in [5.74, 6) is -15.9. The Hall–Kier alpha value is -2.35. The molecule has 1 aromatic carbocycles. The van der Waals surface area contributed by atoms with E-state index in [1.807, 2.05) is 0 Å². The van der Waals surface area contributed by atoms with Gasteiger partial charge in [0.2, 0.25) is 0 Å². The van der Waals surface area contributed by atoms with Crippen molar-refractivity contribution < 1.29 is 56.9 Å². The maximum Gasteiger partial charge on any atom is 0.460 e. The Bertz CT molecular complexity index is 1150. The van der Waals surface area contributed by atoms with E-state index in [4.69, 9.17) is 16.3 Å². The standard InChI is InChI=1S/C17H8ClF9O4S/c18-10-4-1-3-8-7-9(10)13-11(30-8)5-2-6-12(13)31-32(28,29)17(26,27)15(21,22)14(19,20)16(23,24)25/h1-6H,7H2. The topological polar surface area (TPSA) is 52.6 Å². The van der Waals surface area contributed by atoms with Gasteiger partial charge in [0.15, 0.2) is 5.75 Å². The smallest absolute Gasteiger partial charge is 0.460 e. The minimum absolute atomic E-state index is 0.0365. The molecule has 1 aliphatic heterocycles. The van der Waals surface area contributed by atoms with E-state index in [2.05, 4.69) is 4.18 Å². The molecular formula is C17H8ClF9O4S. The van der Waals surface area contributed by atoms with Crippen LogP contribution >= 0.6 is 11.6 Å². The summed E-state index contributed by atoms with van der Waals surface area (Å²) in [5.41, 5.74) is -0.360. The summed E-state index contributed by atoms with van der Waals surface area (Å²) in [4.78, 5) is 0. The average Bonchev–Trinajstić information content (AvgIpc) is 2.79. The van der Waals surface area contributed by atoms with Gasteiger partial charge in [0, 0.05) is 11.5 Å². The monoisotopic (exact) mass is 514 g/mol. The zero-order chi connectivity index (χ0) is 24.3. The van der Waals surface area contributed by atoms with Crippen LogP contribution in [0.25, 0.3) is 5.57 Å². The molecule has 0 N–H and O–H groups in total. The molecule has 0 atom stereocenters. The van der Waals surface area contributed by atoms with Gasteiger partial charge in [-0.3, -0.25) is 0 Å². The maximum atomic E-state index is 14.0. The van der Waals surface area contributed by atoms with E-state index in [-0.39, 0.29) is 28.5 Å². The van der Waals surface area contributed by atoms with Crippen molar-refractivity contribution in [3.05, 3.63) is 52.8 Å². The van der Waals surface area contributed by atoms with E-state index >= 15 is 0 Å². The van der Waals surface area contributed by atoms with Gasteiger partial charge in [-0.05, 0) is 29.9 Å². The number of fused-ring (bicyclic) bond motifs is 4. The van der Waals surface area contributed by atoms with Crippen molar-refractivity contribution in [3.8, 4) is 11.5 Å². The molecule has 2 aliphatic rings. The van der Waals surface area contributed by atoms with Crippen LogP contribution in [0.3, 0.4) is 0 Å². The highest BCUT2D eigenvalue weighted by Crippen LogP contribution is 2.55. The number of allylic oxidation sites excluding steroid dienone is 5. The van der Waals surface area contributed by atoms with Gasteiger partial charge in [0.25, 0.3) is 0 Å². The molecule has 0 aromatic heterocycles. The summed E-state index contributed by atoms with van der Waals surface area (Å²) in [6, 6.07) is 2.85. The first kappa shape index (κ1) is 24.3. The lowest BCUT2D eigenvalue weighted by atomic mass is 9.97. The lowest BCUT2D eigenvalue weighted by Gasteiger charge is -2.32. The number of hydrogen-bond acceptors (Lipinski definition) is 4. The van der Waals surface area contributed by atoms with Crippen LogP contribution in [0.2, 0.25) is 0 Å². The second-order valence-corrected chi connectivity index (χ2v) is 8.42. The highest BCUT2D eigenvalue weighted by atomic mass is 35.5. The first-order valence-electron chi connectivity index (χ1n) is 8.15.